The zero-order valence-electron chi connectivity index (χ0n) is 22.7. The third-order valence-electron chi connectivity index (χ3n) is 9.68. The van der Waals surface area contributed by atoms with Crippen LogP contribution in [-0.2, 0) is 5.41 Å². The van der Waals surface area contributed by atoms with Gasteiger partial charge >= 0.3 is 12.1 Å². The first-order chi connectivity index (χ1) is 17.3. The quantitative estimate of drug-likeness (QED) is 0.637. The number of nitrogens with one attached hydrogen (secondary N) is 1. The molecule has 1 spiro atoms. The Bertz CT molecular complexity index is 945. The van der Waals surface area contributed by atoms with Gasteiger partial charge in [0.15, 0.2) is 0 Å². The van der Waals surface area contributed by atoms with Crippen molar-refractivity contribution in [3.63, 3.8) is 0 Å². The third kappa shape index (κ3) is 4.71. The van der Waals surface area contributed by atoms with E-state index in [1.807, 2.05) is 14.1 Å². The van der Waals surface area contributed by atoms with Gasteiger partial charge in [0.05, 0.1) is 6.04 Å². The minimum Gasteiger partial charge on any atom is -0.331 e. The molecule has 1 aromatic rings. The molecule has 3 aliphatic heterocycles. The van der Waals surface area contributed by atoms with Gasteiger partial charge in [-0.2, -0.15) is 0 Å². The Kier molecular flexibility index (Phi) is 7.21. The van der Waals surface area contributed by atoms with Crippen LogP contribution in [0, 0.1) is 0 Å². The number of carbonyl (C=O) groups excluding carboxylic acids is 2. The van der Waals surface area contributed by atoms with Gasteiger partial charge in [0, 0.05) is 47.7 Å². The first-order valence-corrected chi connectivity index (χ1v) is 14.1. The molecule has 0 radical (unpaired) electrons. The van der Waals surface area contributed by atoms with E-state index in [2.05, 4.69) is 39.4 Å². The molecule has 3 heterocycles. The Morgan fingerprint density at radius 1 is 0.833 bits per heavy atom. The van der Waals surface area contributed by atoms with E-state index in [0.29, 0.717) is 18.1 Å². The van der Waals surface area contributed by atoms with Crippen LogP contribution in [0.25, 0.3) is 0 Å². The molecule has 3 saturated heterocycles. The van der Waals surface area contributed by atoms with Gasteiger partial charge in [-0.3, -0.25) is 0 Å². The van der Waals surface area contributed by atoms with E-state index in [4.69, 9.17) is 0 Å². The van der Waals surface area contributed by atoms with Gasteiger partial charge < -0.3 is 24.9 Å². The van der Waals surface area contributed by atoms with E-state index >= 15 is 0 Å². The number of carbonyl (C=O) groups is 2. The van der Waals surface area contributed by atoms with Crippen molar-refractivity contribution in [3.8, 4) is 0 Å². The van der Waals surface area contributed by atoms with Crippen molar-refractivity contribution >= 4 is 12.1 Å². The van der Waals surface area contributed by atoms with Crippen molar-refractivity contribution in [3.05, 3.63) is 35.4 Å². The van der Waals surface area contributed by atoms with Gasteiger partial charge in [0.1, 0.15) is 0 Å². The van der Waals surface area contributed by atoms with Gasteiger partial charge in [-0.1, -0.05) is 24.3 Å². The standard InChI is InChI=1S/C29H45N5O2.H2/c1-31(2)27(35)30-26-15-16-29(25-8-6-5-7-24(25)26)17-19-33(20-18-29)21-9-11-22-13-14-23(12-10-21)34(22)28(36)32(3)4;/h5-8,21-23,26H,9-20H2,1-4H3,(H,30,35);1H/t21?,22?,23?,26-;/m1./s1. The maximum Gasteiger partial charge on any atom is 0.319 e. The van der Waals surface area contributed by atoms with E-state index in [9.17, 15) is 9.59 Å². The summed E-state index contributed by atoms with van der Waals surface area (Å²) < 4.78 is 0. The number of likely N-dealkylation sites (tertiary alicyclic amines) is 1. The summed E-state index contributed by atoms with van der Waals surface area (Å²) in [4.78, 5) is 33.6. The number of amides is 4. The van der Waals surface area contributed by atoms with Crippen molar-refractivity contribution < 1.29 is 11.0 Å². The lowest BCUT2D eigenvalue weighted by molar-refractivity contribution is 0.0709. The van der Waals surface area contributed by atoms with Crippen LogP contribution in [0.4, 0.5) is 9.59 Å². The van der Waals surface area contributed by atoms with Crippen molar-refractivity contribution in [1.82, 2.24) is 24.9 Å². The summed E-state index contributed by atoms with van der Waals surface area (Å²) in [5, 5.41) is 3.25. The van der Waals surface area contributed by atoms with E-state index in [1.165, 1.54) is 49.7 Å². The van der Waals surface area contributed by atoms with Crippen LogP contribution in [0.1, 0.15) is 82.8 Å². The van der Waals surface area contributed by atoms with Crippen LogP contribution in [0.15, 0.2) is 24.3 Å². The normalized spacial score (nSPS) is 29.7. The van der Waals surface area contributed by atoms with Crippen molar-refractivity contribution in [2.45, 2.75) is 93.8 Å². The largest absolute Gasteiger partial charge is 0.331 e. The van der Waals surface area contributed by atoms with E-state index in [0.717, 1.165) is 38.8 Å². The highest BCUT2D eigenvalue weighted by atomic mass is 16.2. The zero-order chi connectivity index (χ0) is 25.4. The van der Waals surface area contributed by atoms with Crippen molar-refractivity contribution in [2.75, 3.05) is 41.3 Å². The molecule has 7 nitrogen and oxygen atoms in total. The molecule has 2 unspecified atom stereocenters. The second kappa shape index (κ2) is 10.2. The van der Waals surface area contributed by atoms with Crippen LogP contribution in [0.5, 0.6) is 0 Å². The van der Waals surface area contributed by atoms with Crippen LogP contribution >= 0.6 is 0 Å². The molecule has 1 N–H and O–H groups in total. The fourth-order valence-corrected chi connectivity index (χ4v) is 7.61. The van der Waals surface area contributed by atoms with Crippen molar-refractivity contribution in [1.29, 1.82) is 0 Å². The fraction of sp³-hybridized carbons (Fsp3) is 0.724. The van der Waals surface area contributed by atoms with E-state index in [1.54, 1.807) is 23.9 Å². The highest BCUT2D eigenvalue weighted by molar-refractivity contribution is 5.75. The summed E-state index contributed by atoms with van der Waals surface area (Å²) in [6.45, 7) is 2.31. The topological polar surface area (TPSA) is 59.1 Å². The molecule has 1 aliphatic carbocycles. The van der Waals surface area contributed by atoms with Crippen LogP contribution < -0.4 is 5.32 Å². The second-order valence-electron chi connectivity index (χ2n) is 12.1. The minimum absolute atomic E-state index is 0. The number of rotatable bonds is 2. The third-order valence-corrected chi connectivity index (χ3v) is 9.68. The molecule has 1 aromatic carbocycles. The predicted octanol–water partition coefficient (Wildman–Crippen LogP) is 4.83. The first kappa shape index (κ1) is 25.4. The minimum atomic E-state index is -0.00957. The second-order valence-corrected chi connectivity index (χ2v) is 12.1. The van der Waals surface area contributed by atoms with E-state index in [-0.39, 0.29) is 24.9 Å². The number of fused-ring (bicyclic) bond motifs is 4. The lowest BCUT2D eigenvalue weighted by Gasteiger charge is -2.49. The summed E-state index contributed by atoms with van der Waals surface area (Å²) in [6, 6.07) is 10.6. The van der Waals surface area contributed by atoms with Crippen LogP contribution in [0.2, 0.25) is 0 Å². The lowest BCUT2D eigenvalue weighted by Crippen LogP contribution is -2.52. The Morgan fingerprint density at radius 3 is 2.00 bits per heavy atom. The Balaban J connectivity index is 0.00000320. The number of hydrogen-bond donors (Lipinski definition) is 1. The molecule has 4 amide bonds. The maximum absolute atomic E-state index is 12.8. The predicted molar refractivity (Wildman–Crippen MR) is 145 cm³/mol. The van der Waals surface area contributed by atoms with Gasteiger partial charge in [-0.15, -0.1) is 0 Å². The molecule has 7 heteroatoms. The SMILES string of the molecule is CN(C)C(=O)N[C@@H]1CCC2(CCN(C3CCC4CCC(CC3)N4C(=O)N(C)C)CC2)c2ccccc21.[HH]. The van der Waals surface area contributed by atoms with Gasteiger partial charge in [-0.05, 0) is 93.8 Å². The van der Waals surface area contributed by atoms with Crippen molar-refractivity contribution in [2.24, 2.45) is 0 Å². The first-order valence-electron chi connectivity index (χ1n) is 14.1. The summed E-state index contributed by atoms with van der Waals surface area (Å²) in [7, 11) is 7.38. The Hall–Kier alpha value is -2.28. The highest BCUT2D eigenvalue weighted by Gasteiger charge is 2.44. The molecule has 3 fully saturated rings. The smallest absolute Gasteiger partial charge is 0.319 e. The van der Waals surface area contributed by atoms with Crippen LogP contribution in [-0.4, -0.2) is 91.1 Å². The average Bonchev–Trinajstić information content (AvgIpc) is 3.31. The Morgan fingerprint density at radius 2 is 1.42 bits per heavy atom. The average molecular weight is 498 g/mol. The van der Waals surface area contributed by atoms with Gasteiger partial charge in [0.25, 0.3) is 0 Å². The molecular weight excluding hydrogens is 450 g/mol. The number of hydrogen-bond acceptors (Lipinski definition) is 3. The molecule has 36 heavy (non-hydrogen) atoms. The number of urea groups is 2. The molecule has 5 rings (SSSR count). The molecule has 0 aromatic heterocycles. The van der Waals surface area contributed by atoms with E-state index < -0.39 is 0 Å². The van der Waals surface area contributed by atoms with Gasteiger partial charge in [-0.25, -0.2) is 9.59 Å². The molecule has 200 valence electrons. The maximum atomic E-state index is 12.8. The molecular formula is C29H47N5O2. The summed E-state index contributed by atoms with van der Waals surface area (Å²) >= 11 is 0. The monoisotopic (exact) mass is 497 g/mol. The summed E-state index contributed by atoms with van der Waals surface area (Å²) in [5.74, 6) is 0. The Labute approximate surface area is 218 Å². The summed E-state index contributed by atoms with van der Waals surface area (Å²) in [6.07, 6.45) is 11.6. The number of piperidine rings is 1. The number of nitrogens with zero attached hydrogens (tertiary/aromatic N) is 4. The molecule has 4 aliphatic rings. The summed E-state index contributed by atoms with van der Waals surface area (Å²) in [5.41, 5.74) is 3.02. The highest BCUT2D eigenvalue weighted by Crippen LogP contribution is 2.48. The van der Waals surface area contributed by atoms with Gasteiger partial charge in [0.2, 0.25) is 0 Å². The molecule has 2 bridgehead atoms. The lowest BCUT2D eigenvalue weighted by atomic mass is 9.63. The van der Waals surface area contributed by atoms with Crippen LogP contribution in [0.3, 0.4) is 0 Å². The number of benzene rings is 1. The fourth-order valence-electron chi connectivity index (χ4n) is 7.61. The molecule has 3 atom stereocenters. The zero-order valence-corrected chi connectivity index (χ0v) is 22.7. The molecule has 0 saturated carbocycles.